The average Bonchev–Trinajstić information content (AvgIpc) is 2.19. The summed E-state index contributed by atoms with van der Waals surface area (Å²) in [7, 11) is 0. The van der Waals surface area contributed by atoms with Crippen molar-refractivity contribution >= 4 is 16.6 Å². The molecule has 0 bridgehead atoms. The van der Waals surface area contributed by atoms with Gasteiger partial charge in [-0.3, -0.25) is 0 Å². The first-order chi connectivity index (χ1) is 6.42. The second-order valence-electron chi connectivity index (χ2n) is 2.91. The van der Waals surface area contributed by atoms with E-state index in [0.717, 1.165) is 12.4 Å². The fraction of sp³-hybridized carbons (Fsp3) is 0.182. The molecule has 1 aromatic heterocycles. The largest absolute Gasteiger partial charge is 0.370 e. The van der Waals surface area contributed by atoms with Crippen molar-refractivity contribution in [1.82, 2.24) is 4.98 Å². The van der Waals surface area contributed by atoms with E-state index < -0.39 is 0 Å². The van der Waals surface area contributed by atoms with Gasteiger partial charge in [-0.25, -0.2) is 4.98 Å². The summed E-state index contributed by atoms with van der Waals surface area (Å²) in [6.45, 7) is 2.98. The minimum atomic E-state index is 0.904. The summed E-state index contributed by atoms with van der Waals surface area (Å²) in [6, 6.07) is 10.3. The Morgan fingerprint density at radius 3 is 2.92 bits per heavy atom. The maximum Gasteiger partial charge on any atom is 0.133 e. The van der Waals surface area contributed by atoms with Crippen LogP contribution in [0, 0.1) is 0 Å². The van der Waals surface area contributed by atoms with Crippen LogP contribution in [0.4, 0.5) is 5.82 Å². The summed E-state index contributed by atoms with van der Waals surface area (Å²) < 4.78 is 0. The lowest BCUT2D eigenvalue weighted by atomic mass is 10.1. The minimum absolute atomic E-state index is 0.904. The van der Waals surface area contributed by atoms with Gasteiger partial charge in [0.05, 0.1) is 0 Å². The van der Waals surface area contributed by atoms with Crippen molar-refractivity contribution in [2.75, 3.05) is 11.9 Å². The third-order valence-electron chi connectivity index (χ3n) is 2.02. The Labute approximate surface area is 77.6 Å². The van der Waals surface area contributed by atoms with E-state index in [-0.39, 0.29) is 0 Å². The summed E-state index contributed by atoms with van der Waals surface area (Å²) >= 11 is 0. The Bertz CT molecular complexity index is 404. The lowest BCUT2D eigenvalue weighted by Crippen LogP contribution is -1.99. The van der Waals surface area contributed by atoms with Crippen molar-refractivity contribution in [1.29, 1.82) is 0 Å². The predicted octanol–water partition coefficient (Wildman–Crippen LogP) is 2.67. The Kier molecular flexibility index (Phi) is 2.13. The van der Waals surface area contributed by atoms with Crippen LogP contribution in [0.15, 0.2) is 36.5 Å². The van der Waals surface area contributed by atoms with Crippen molar-refractivity contribution in [3.63, 3.8) is 0 Å². The smallest absolute Gasteiger partial charge is 0.133 e. The van der Waals surface area contributed by atoms with E-state index >= 15 is 0 Å². The molecule has 0 saturated heterocycles. The molecule has 66 valence electrons. The highest BCUT2D eigenvalue weighted by Crippen LogP contribution is 2.19. The van der Waals surface area contributed by atoms with E-state index in [1.54, 1.807) is 0 Å². The summed E-state index contributed by atoms with van der Waals surface area (Å²) in [5, 5.41) is 5.66. The Morgan fingerprint density at radius 2 is 2.08 bits per heavy atom. The monoisotopic (exact) mass is 172 g/mol. The average molecular weight is 172 g/mol. The number of hydrogen-bond acceptors (Lipinski definition) is 2. The molecule has 0 unspecified atom stereocenters. The second-order valence-corrected chi connectivity index (χ2v) is 2.91. The Balaban J connectivity index is 2.61. The van der Waals surface area contributed by atoms with Crippen LogP contribution in [0.5, 0.6) is 0 Å². The van der Waals surface area contributed by atoms with Gasteiger partial charge in [0.25, 0.3) is 0 Å². The zero-order chi connectivity index (χ0) is 9.10. The van der Waals surface area contributed by atoms with Crippen molar-refractivity contribution in [2.24, 2.45) is 0 Å². The fourth-order valence-electron chi connectivity index (χ4n) is 1.43. The molecule has 2 heteroatoms. The van der Waals surface area contributed by atoms with E-state index in [0.29, 0.717) is 0 Å². The third kappa shape index (κ3) is 1.47. The normalized spacial score (nSPS) is 10.2. The number of benzene rings is 1. The van der Waals surface area contributed by atoms with Crippen LogP contribution in [-0.2, 0) is 0 Å². The van der Waals surface area contributed by atoms with Gasteiger partial charge in [-0.1, -0.05) is 24.3 Å². The molecule has 0 aliphatic heterocycles. The maximum absolute atomic E-state index is 4.29. The molecule has 0 radical (unpaired) electrons. The molecule has 2 aromatic rings. The predicted molar refractivity (Wildman–Crippen MR) is 55.9 cm³/mol. The van der Waals surface area contributed by atoms with Crippen LogP contribution >= 0.6 is 0 Å². The summed E-state index contributed by atoms with van der Waals surface area (Å²) in [4.78, 5) is 4.29. The second kappa shape index (κ2) is 3.44. The van der Waals surface area contributed by atoms with Crippen LogP contribution in [0.25, 0.3) is 10.8 Å². The topological polar surface area (TPSA) is 24.9 Å². The number of anilines is 1. The van der Waals surface area contributed by atoms with Crippen LogP contribution in [0.1, 0.15) is 6.92 Å². The summed E-state index contributed by atoms with van der Waals surface area (Å²) in [5.41, 5.74) is 0. The van der Waals surface area contributed by atoms with Crippen LogP contribution < -0.4 is 5.32 Å². The van der Waals surface area contributed by atoms with Gasteiger partial charge in [0, 0.05) is 18.1 Å². The Morgan fingerprint density at radius 1 is 1.23 bits per heavy atom. The van der Waals surface area contributed by atoms with Gasteiger partial charge in [0.15, 0.2) is 0 Å². The van der Waals surface area contributed by atoms with E-state index in [1.165, 1.54) is 10.8 Å². The molecule has 0 atom stereocenters. The number of aromatic nitrogens is 1. The van der Waals surface area contributed by atoms with Gasteiger partial charge in [0.2, 0.25) is 0 Å². The molecule has 2 rings (SSSR count). The van der Waals surface area contributed by atoms with Crippen molar-refractivity contribution in [3.8, 4) is 0 Å². The fourth-order valence-corrected chi connectivity index (χ4v) is 1.43. The number of nitrogens with one attached hydrogen (secondary N) is 1. The van der Waals surface area contributed by atoms with Crippen molar-refractivity contribution in [3.05, 3.63) is 36.5 Å². The molecule has 0 aliphatic rings. The first-order valence-electron chi connectivity index (χ1n) is 4.49. The van der Waals surface area contributed by atoms with Crippen LogP contribution in [-0.4, -0.2) is 11.5 Å². The number of rotatable bonds is 2. The molecular weight excluding hydrogens is 160 g/mol. The third-order valence-corrected chi connectivity index (χ3v) is 2.02. The standard InChI is InChI=1S/C11H12N2/c1-2-12-11-10-6-4-3-5-9(10)7-8-13-11/h3-8H,2H2,1H3,(H,12,13). The molecule has 0 spiro atoms. The first kappa shape index (κ1) is 8.05. The lowest BCUT2D eigenvalue weighted by molar-refractivity contribution is 1.17. The van der Waals surface area contributed by atoms with E-state index in [1.807, 2.05) is 24.4 Å². The number of nitrogens with zero attached hydrogens (tertiary/aromatic N) is 1. The maximum atomic E-state index is 4.29. The van der Waals surface area contributed by atoms with Crippen molar-refractivity contribution in [2.45, 2.75) is 6.92 Å². The van der Waals surface area contributed by atoms with E-state index in [9.17, 15) is 0 Å². The molecule has 1 N–H and O–H groups in total. The molecule has 0 fully saturated rings. The number of hydrogen-bond donors (Lipinski definition) is 1. The zero-order valence-electron chi connectivity index (χ0n) is 7.62. The molecule has 0 amide bonds. The lowest BCUT2D eigenvalue weighted by Gasteiger charge is -2.05. The van der Waals surface area contributed by atoms with Gasteiger partial charge in [0.1, 0.15) is 5.82 Å². The van der Waals surface area contributed by atoms with Gasteiger partial charge in [-0.2, -0.15) is 0 Å². The van der Waals surface area contributed by atoms with Gasteiger partial charge in [-0.15, -0.1) is 0 Å². The summed E-state index contributed by atoms with van der Waals surface area (Å²) in [6.07, 6.45) is 1.83. The highest BCUT2D eigenvalue weighted by atomic mass is 15.0. The van der Waals surface area contributed by atoms with Gasteiger partial charge >= 0.3 is 0 Å². The Hall–Kier alpha value is -1.57. The molecule has 1 aromatic carbocycles. The highest BCUT2D eigenvalue weighted by molar-refractivity contribution is 5.91. The van der Waals surface area contributed by atoms with Gasteiger partial charge in [-0.05, 0) is 18.4 Å². The van der Waals surface area contributed by atoms with Gasteiger partial charge < -0.3 is 5.32 Å². The molecule has 1 heterocycles. The van der Waals surface area contributed by atoms with Crippen LogP contribution in [0.3, 0.4) is 0 Å². The molecule has 0 saturated carbocycles. The van der Waals surface area contributed by atoms with Crippen LogP contribution in [0.2, 0.25) is 0 Å². The molecule has 13 heavy (non-hydrogen) atoms. The van der Waals surface area contributed by atoms with E-state index in [4.69, 9.17) is 0 Å². The molecular formula is C11H12N2. The number of pyridine rings is 1. The van der Waals surface area contributed by atoms with Crippen molar-refractivity contribution < 1.29 is 0 Å². The summed E-state index contributed by atoms with van der Waals surface area (Å²) in [5.74, 6) is 0.973. The van der Waals surface area contributed by atoms with E-state index in [2.05, 4.69) is 29.4 Å². The highest BCUT2D eigenvalue weighted by Gasteiger charge is 1.98. The quantitative estimate of drug-likeness (QED) is 0.753. The molecule has 2 nitrogen and oxygen atoms in total. The zero-order valence-corrected chi connectivity index (χ0v) is 7.62. The SMILES string of the molecule is CCNc1nccc2ccccc12. The number of fused-ring (bicyclic) bond motifs is 1. The molecule has 0 aliphatic carbocycles. The minimum Gasteiger partial charge on any atom is -0.370 e. The first-order valence-corrected chi connectivity index (χ1v) is 4.49.